The van der Waals surface area contributed by atoms with Gasteiger partial charge < -0.3 is 0 Å². The fourth-order valence-electron chi connectivity index (χ4n) is 5.89. The van der Waals surface area contributed by atoms with Crippen LogP contribution in [0, 0.1) is 94.7 Å². The Kier molecular flexibility index (Phi) is 9.51. The van der Waals surface area contributed by atoms with Crippen molar-refractivity contribution in [3.63, 3.8) is 0 Å². The number of fused-ring (bicyclic) bond motifs is 4. The topological polar surface area (TPSA) is 0 Å². The normalized spacial score (nSPS) is 12.7. The molecule has 0 saturated carbocycles. The summed E-state index contributed by atoms with van der Waals surface area (Å²) in [6, 6.07) is 38.2. The van der Waals surface area contributed by atoms with E-state index in [2.05, 4.69) is 129 Å². The number of hydrogen-bond donors (Lipinski definition) is 0. The third-order valence-corrected chi connectivity index (χ3v) is 8.56. The molecule has 38 heavy (non-hydrogen) atoms. The van der Waals surface area contributed by atoms with Crippen LogP contribution in [0.1, 0.15) is 24.0 Å². The molecular weight excluding hydrogens is 850 g/mol. The molecule has 7 rings (SSSR count). The Labute approximate surface area is 307 Å². The monoisotopic (exact) mass is 870 g/mol. The zero-order valence-electron chi connectivity index (χ0n) is 20.8. The first-order chi connectivity index (χ1) is 17.7. The summed E-state index contributed by atoms with van der Waals surface area (Å²) in [7, 11) is 0. The SMILES string of the molecule is Brc1ccc(-c2c3c(c(-c4ccc(Br)cc4)c4cc5[c-]c6ccccc6[c-]c5cc24)CCCC3)cc1.[Pr].[Pr]. The molecule has 6 aromatic rings. The van der Waals surface area contributed by atoms with E-state index >= 15 is 0 Å². The first kappa shape index (κ1) is 29.3. The van der Waals surface area contributed by atoms with Crippen LogP contribution in [0.25, 0.3) is 54.6 Å². The fraction of sp³-hybridized carbons (Fsp3) is 0.118. The van der Waals surface area contributed by atoms with Crippen molar-refractivity contribution in [2.45, 2.75) is 25.7 Å². The molecule has 0 heterocycles. The van der Waals surface area contributed by atoms with Crippen LogP contribution < -0.4 is 0 Å². The van der Waals surface area contributed by atoms with Crippen LogP contribution in [0.2, 0.25) is 0 Å². The first-order valence-corrected chi connectivity index (χ1v) is 14.0. The summed E-state index contributed by atoms with van der Waals surface area (Å²) in [5.41, 5.74) is 8.37. The minimum atomic E-state index is 0. The predicted molar refractivity (Wildman–Crippen MR) is 160 cm³/mol. The summed E-state index contributed by atoms with van der Waals surface area (Å²) in [5.74, 6) is 0. The maximum atomic E-state index is 3.69. The number of benzene rings is 6. The van der Waals surface area contributed by atoms with Crippen molar-refractivity contribution in [2.75, 3.05) is 0 Å². The Morgan fingerprint density at radius 3 is 1.29 bits per heavy atom. The van der Waals surface area contributed by atoms with Crippen LogP contribution in [0.5, 0.6) is 0 Å². The molecule has 180 valence electrons. The third kappa shape index (κ3) is 5.37. The van der Waals surface area contributed by atoms with Crippen molar-refractivity contribution in [3.8, 4) is 22.3 Å². The van der Waals surface area contributed by atoms with Crippen LogP contribution in [0.15, 0.2) is 93.9 Å². The van der Waals surface area contributed by atoms with Crippen molar-refractivity contribution in [1.29, 1.82) is 0 Å². The van der Waals surface area contributed by atoms with Gasteiger partial charge in [0.1, 0.15) is 0 Å². The first-order valence-electron chi connectivity index (χ1n) is 12.5. The Bertz CT molecular complexity index is 1660. The molecule has 0 fully saturated rings. The second-order valence-corrected chi connectivity index (χ2v) is 11.5. The van der Waals surface area contributed by atoms with E-state index in [1.54, 1.807) is 0 Å². The zero-order valence-corrected chi connectivity index (χ0v) is 31.4. The molecular formula is C34H22Br2Pr2-2. The van der Waals surface area contributed by atoms with Gasteiger partial charge in [0.15, 0.2) is 0 Å². The molecule has 2 radical (unpaired) electrons. The minimum Gasteiger partial charge on any atom is -0.199 e. The fourth-order valence-corrected chi connectivity index (χ4v) is 6.41. The van der Waals surface area contributed by atoms with Gasteiger partial charge in [-0.25, -0.2) is 0 Å². The molecule has 0 bridgehead atoms. The van der Waals surface area contributed by atoms with Crippen LogP contribution in [-0.2, 0) is 12.8 Å². The average molecular weight is 872 g/mol. The standard InChI is InChI=1S/C34H22Br2.2Pr/c35-27-13-9-21(10-14-27)33-29-7-3-4-8-30(29)34(22-11-15-28(36)16-12-22)32-20-26-18-24-6-2-1-5-23(24)17-25(26)19-31(32)33;;/h1-2,5-6,9-16,19-20H,3-4,7-8H2;;/q-2;;. The van der Waals surface area contributed by atoms with Gasteiger partial charge in [-0.2, -0.15) is 45.8 Å². The molecule has 4 heteroatoms. The summed E-state index contributed by atoms with van der Waals surface area (Å²) in [6.45, 7) is 0. The number of rotatable bonds is 2. The van der Waals surface area contributed by atoms with E-state index in [0.29, 0.717) is 0 Å². The van der Waals surface area contributed by atoms with Crippen molar-refractivity contribution in [1.82, 2.24) is 0 Å². The van der Waals surface area contributed by atoms with Crippen molar-refractivity contribution < 1.29 is 82.6 Å². The summed E-state index contributed by atoms with van der Waals surface area (Å²) in [4.78, 5) is 0. The summed E-state index contributed by atoms with van der Waals surface area (Å²) < 4.78 is 2.21. The molecule has 0 aromatic heterocycles. The van der Waals surface area contributed by atoms with Crippen LogP contribution in [-0.4, -0.2) is 0 Å². The maximum absolute atomic E-state index is 3.69. The van der Waals surface area contributed by atoms with E-state index in [1.165, 1.54) is 57.0 Å². The van der Waals surface area contributed by atoms with Gasteiger partial charge in [-0.3, -0.25) is 0 Å². The minimum absolute atomic E-state index is 0. The van der Waals surface area contributed by atoms with Gasteiger partial charge in [0.25, 0.3) is 0 Å². The van der Waals surface area contributed by atoms with E-state index in [1.807, 2.05) is 0 Å². The Balaban J connectivity index is 0.00000147. The molecule has 6 aromatic carbocycles. The van der Waals surface area contributed by atoms with E-state index in [-0.39, 0.29) is 82.6 Å². The van der Waals surface area contributed by atoms with Crippen LogP contribution in [0.4, 0.5) is 0 Å². The molecule has 1 aliphatic carbocycles. The molecule has 1 aliphatic rings. The van der Waals surface area contributed by atoms with E-state index in [9.17, 15) is 0 Å². The molecule has 0 unspecified atom stereocenters. The van der Waals surface area contributed by atoms with Crippen LogP contribution in [0.3, 0.4) is 0 Å². The second-order valence-electron chi connectivity index (χ2n) is 9.67. The van der Waals surface area contributed by atoms with E-state index in [4.69, 9.17) is 0 Å². The predicted octanol–water partition coefficient (Wildman–Crippen LogP) is 10.5. The van der Waals surface area contributed by atoms with Crippen molar-refractivity contribution in [2.24, 2.45) is 0 Å². The van der Waals surface area contributed by atoms with Gasteiger partial charge in [0, 0.05) is 91.5 Å². The second kappa shape index (κ2) is 12.3. The third-order valence-electron chi connectivity index (χ3n) is 7.50. The van der Waals surface area contributed by atoms with Gasteiger partial charge in [0.2, 0.25) is 0 Å². The van der Waals surface area contributed by atoms with E-state index in [0.717, 1.165) is 43.3 Å². The van der Waals surface area contributed by atoms with Gasteiger partial charge >= 0.3 is 0 Å². The summed E-state index contributed by atoms with van der Waals surface area (Å²) in [5, 5.41) is 7.09. The smallest absolute Gasteiger partial charge is 0.0175 e. The van der Waals surface area contributed by atoms with Crippen molar-refractivity contribution >= 4 is 64.2 Å². The number of hydrogen-bond acceptors (Lipinski definition) is 0. The Morgan fingerprint density at radius 2 is 0.895 bits per heavy atom. The summed E-state index contributed by atoms with van der Waals surface area (Å²) >= 11 is 7.27. The van der Waals surface area contributed by atoms with Gasteiger partial charge in [-0.1, -0.05) is 66.9 Å². The Morgan fingerprint density at radius 1 is 0.500 bits per heavy atom. The quantitative estimate of drug-likeness (QED) is 0.120. The van der Waals surface area contributed by atoms with Gasteiger partial charge in [-0.15, -0.1) is 24.3 Å². The number of halogens is 2. The Hall–Kier alpha value is -0.213. The van der Waals surface area contributed by atoms with Gasteiger partial charge in [-0.05, 0) is 83.3 Å². The molecule has 0 atom stereocenters. The maximum Gasteiger partial charge on any atom is 0.0175 e. The molecule has 0 saturated heterocycles. The molecule has 0 amide bonds. The molecule has 0 nitrogen and oxygen atoms in total. The molecule has 0 N–H and O–H groups in total. The average Bonchev–Trinajstić information content (AvgIpc) is 2.91. The van der Waals surface area contributed by atoms with Crippen molar-refractivity contribution in [3.05, 3.63) is 117 Å². The van der Waals surface area contributed by atoms with Gasteiger partial charge in [0.05, 0.1) is 0 Å². The zero-order chi connectivity index (χ0) is 24.2. The molecule has 0 spiro atoms. The van der Waals surface area contributed by atoms with E-state index < -0.39 is 0 Å². The van der Waals surface area contributed by atoms with Crippen LogP contribution >= 0.6 is 31.9 Å². The molecule has 0 aliphatic heterocycles. The summed E-state index contributed by atoms with van der Waals surface area (Å²) in [6.07, 6.45) is 4.71. The largest absolute Gasteiger partial charge is 0.199 e.